The van der Waals surface area contributed by atoms with Gasteiger partial charge in [0.05, 0.1) is 17.3 Å². The summed E-state index contributed by atoms with van der Waals surface area (Å²) in [5.74, 6) is 6.49. The summed E-state index contributed by atoms with van der Waals surface area (Å²) in [7, 11) is 1.60. The highest BCUT2D eigenvalue weighted by molar-refractivity contribution is 6.01. The lowest BCUT2D eigenvalue weighted by molar-refractivity contribution is -0.117. The molecule has 5 rings (SSSR count). The minimum Gasteiger partial charge on any atom is -0.368 e. The van der Waals surface area contributed by atoms with Gasteiger partial charge < -0.3 is 20.9 Å². The second kappa shape index (κ2) is 17.0. The Bertz CT molecular complexity index is 1730. The normalized spacial score (nSPS) is 16.4. The van der Waals surface area contributed by atoms with Crippen LogP contribution in [-0.4, -0.2) is 65.9 Å². The van der Waals surface area contributed by atoms with Crippen molar-refractivity contribution in [3.63, 3.8) is 0 Å². The van der Waals surface area contributed by atoms with E-state index in [4.69, 9.17) is 0 Å². The molecule has 2 fully saturated rings. The largest absolute Gasteiger partial charge is 0.368 e. The highest BCUT2D eigenvalue weighted by Crippen LogP contribution is 2.33. The van der Waals surface area contributed by atoms with Gasteiger partial charge >= 0.3 is 0 Å². The molecule has 49 heavy (non-hydrogen) atoms. The van der Waals surface area contributed by atoms with E-state index in [1.807, 2.05) is 18.2 Å². The van der Waals surface area contributed by atoms with Crippen LogP contribution in [0, 0.1) is 24.7 Å². The minimum absolute atomic E-state index is 0.0275. The molecule has 256 valence electrons. The van der Waals surface area contributed by atoms with Crippen LogP contribution in [0.15, 0.2) is 84.8 Å². The lowest BCUT2D eigenvalue weighted by Crippen LogP contribution is -2.58. The van der Waals surface area contributed by atoms with Crippen molar-refractivity contribution in [2.24, 2.45) is 5.92 Å². The number of benzene rings is 1. The maximum absolute atomic E-state index is 12.7. The van der Waals surface area contributed by atoms with E-state index < -0.39 is 0 Å². The number of hydrogen-bond acceptors (Lipinski definition) is 6. The van der Waals surface area contributed by atoms with Crippen LogP contribution in [-0.2, 0) is 4.79 Å². The molecule has 3 heterocycles. The van der Waals surface area contributed by atoms with E-state index in [2.05, 4.69) is 106 Å². The number of aromatic nitrogens is 1. The number of carbonyl (C=O) groups is 2. The van der Waals surface area contributed by atoms with E-state index in [0.29, 0.717) is 23.1 Å². The number of amides is 2. The molecule has 0 radical (unpaired) electrons. The monoisotopic (exact) mass is 658 g/mol. The SMILES string of the molecule is C=C(C#CCCC)/C=C\C=C(/CCC)CN1CC(N2C=C(c3cccc(Nc4cc(NC(=O)C5CC5)ncc4C(=O)NC)c3C)C=CC2)C1. The van der Waals surface area contributed by atoms with Crippen molar-refractivity contribution >= 4 is 34.6 Å². The fraction of sp³-hybridized carbons (Fsp3) is 0.390. The zero-order valence-corrected chi connectivity index (χ0v) is 29.4. The number of pyridine rings is 1. The second-order valence-corrected chi connectivity index (χ2v) is 13.1. The van der Waals surface area contributed by atoms with E-state index in [9.17, 15) is 9.59 Å². The highest BCUT2D eigenvalue weighted by atomic mass is 16.2. The molecule has 8 heteroatoms. The molecule has 3 aliphatic rings. The van der Waals surface area contributed by atoms with Gasteiger partial charge in [0.2, 0.25) is 5.91 Å². The van der Waals surface area contributed by atoms with Gasteiger partial charge in [-0.3, -0.25) is 14.5 Å². The van der Waals surface area contributed by atoms with Crippen LogP contribution in [0.3, 0.4) is 0 Å². The van der Waals surface area contributed by atoms with E-state index in [1.165, 1.54) is 11.8 Å². The first-order chi connectivity index (χ1) is 23.8. The van der Waals surface area contributed by atoms with Crippen LogP contribution in [0.4, 0.5) is 17.2 Å². The molecule has 2 amide bonds. The van der Waals surface area contributed by atoms with Crippen molar-refractivity contribution in [2.45, 2.75) is 65.3 Å². The molecule has 1 aromatic carbocycles. The summed E-state index contributed by atoms with van der Waals surface area (Å²) in [5.41, 5.74) is 7.52. The van der Waals surface area contributed by atoms with Crippen LogP contribution in [0.25, 0.3) is 5.57 Å². The summed E-state index contributed by atoms with van der Waals surface area (Å²) < 4.78 is 0. The lowest BCUT2D eigenvalue weighted by atomic mass is 9.96. The number of hydrogen-bond donors (Lipinski definition) is 3. The minimum atomic E-state index is -0.251. The third-order valence-corrected chi connectivity index (χ3v) is 9.07. The molecule has 3 N–H and O–H groups in total. The van der Waals surface area contributed by atoms with Crippen LogP contribution < -0.4 is 16.0 Å². The maximum Gasteiger partial charge on any atom is 0.254 e. The Kier molecular flexibility index (Phi) is 12.3. The molecule has 2 aliphatic heterocycles. The van der Waals surface area contributed by atoms with Crippen LogP contribution >= 0.6 is 0 Å². The van der Waals surface area contributed by atoms with Gasteiger partial charge in [0, 0.05) is 75.3 Å². The molecule has 1 aliphatic carbocycles. The van der Waals surface area contributed by atoms with Gasteiger partial charge in [0.15, 0.2) is 0 Å². The highest BCUT2D eigenvalue weighted by Gasteiger charge is 2.32. The van der Waals surface area contributed by atoms with Gasteiger partial charge in [0.25, 0.3) is 5.91 Å². The summed E-state index contributed by atoms with van der Waals surface area (Å²) in [6.45, 7) is 14.4. The summed E-state index contributed by atoms with van der Waals surface area (Å²) in [5, 5.41) is 9.06. The summed E-state index contributed by atoms with van der Waals surface area (Å²) >= 11 is 0. The zero-order valence-electron chi connectivity index (χ0n) is 29.4. The average Bonchev–Trinajstić information content (AvgIpc) is 3.93. The van der Waals surface area contributed by atoms with Crippen molar-refractivity contribution in [1.29, 1.82) is 0 Å². The smallest absolute Gasteiger partial charge is 0.254 e. The molecule has 1 saturated carbocycles. The summed E-state index contributed by atoms with van der Waals surface area (Å²) in [4.78, 5) is 34.4. The van der Waals surface area contributed by atoms with E-state index >= 15 is 0 Å². The average molecular weight is 659 g/mol. The van der Waals surface area contributed by atoms with E-state index in [-0.39, 0.29) is 17.7 Å². The number of nitrogens with one attached hydrogen (secondary N) is 3. The fourth-order valence-electron chi connectivity index (χ4n) is 6.08. The lowest BCUT2D eigenvalue weighted by Gasteiger charge is -2.46. The summed E-state index contributed by atoms with van der Waals surface area (Å²) in [6.07, 6.45) is 20.6. The molecular formula is C41H50N6O2. The quantitative estimate of drug-likeness (QED) is 0.145. The number of likely N-dealkylation sites (tertiary alicyclic amines) is 1. The molecule has 0 spiro atoms. The number of unbranched alkanes of at least 4 members (excludes halogenated alkanes) is 1. The van der Waals surface area contributed by atoms with Gasteiger partial charge in [0.1, 0.15) is 5.82 Å². The van der Waals surface area contributed by atoms with E-state index in [1.54, 1.807) is 13.1 Å². The number of carbonyl (C=O) groups excluding carboxylic acids is 2. The van der Waals surface area contributed by atoms with Gasteiger partial charge in [-0.1, -0.05) is 80.7 Å². The molecule has 8 nitrogen and oxygen atoms in total. The van der Waals surface area contributed by atoms with Crippen molar-refractivity contribution in [3.8, 4) is 11.8 Å². The molecular weight excluding hydrogens is 608 g/mol. The Hall–Kier alpha value is -4.87. The topological polar surface area (TPSA) is 89.6 Å². The van der Waals surface area contributed by atoms with Crippen molar-refractivity contribution in [2.75, 3.05) is 43.9 Å². The Morgan fingerprint density at radius 2 is 1.96 bits per heavy atom. The number of anilines is 3. The molecule has 0 bridgehead atoms. The molecule has 2 aromatic rings. The second-order valence-electron chi connectivity index (χ2n) is 13.1. The first-order valence-corrected chi connectivity index (χ1v) is 17.6. The summed E-state index contributed by atoms with van der Waals surface area (Å²) in [6, 6.07) is 8.38. The molecule has 0 atom stereocenters. The molecule has 1 aromatic heterocycles. The molecule has 1 saturated heterocycles. The number of nitrogens with zero attached hydrogens (tertiary/aromatic N) is 3. The molecule has 0 unspecified atom stereocenters. The number of rotatable bonds is 14. The van der Waals surface area contributed by atoms with Gasteiger partial charge in [-0.2, -0.15) is 0 Å². The van der Waals surface area contributed by atoms with E-state index in [0.717, 1.165) is 92.7 Å². The standard InChI is InChI=1S/C41H50N6O2/c1-6-8-9-14-29(3)15-10-16-31(13-7-2)25-46-27-34(28-46)47-22-12-17-33(26-47)35-18-11-19-37(30(35)4)44-38-23-39(45-40(48)32-20-21-32)43-24-36(38)41(49)42-5/h10-12,15-19,23-24,26,32,34H,3,6-8,13,20-22,25,27-28H2,1-2,4-5H3,(H,42,49)(H2,43,44,45,48)/b15-10-,31-16+. The number of allylic oxidation sites excluding steroid dienone is 6. The van der Waals surface area contributed by atoms with Gasteiger partial charge in [-0.15, -0.1) is 0 Å². The first-order valence-electron chi connectivity index (χ1n) is 17.6. The fourth-order valence-corrected chi connectivity index (χ4v) is 6.08. The van der Waals surface area contributed by atoms with Crippen LogP contribution in [0.1, 0.15) is 73.9 Å². The zero-order chi connectivity index (χ0) is 34.8. The predicted molar refractivity (Wildman–Crippen MR) is 201 cm³/mol. The Morgan fingerprint density at radius 3 is 2.69 bits per heavy atom. The van der Waals surface area contributed by atoms with Crippen LogP contribution in [0.5, 0.6) is 0 Å². The van der Waals surface area contributed by atoms with Gasteiger partial charge in [-0.05, 0) is 61.4 Å². The first kappa shape index (κ1) is 35.4. The maximum atomic E-state index is 12.7. The van der Waals surface area contributed by atoms with Gasteiger partial charge in [-0.25, -0.2) is 4.98 Å². The Labute approximate surface area is 292 Å². The van der Waals surface area contributed by atoms with Crippen molar-refractivity contribution in [1.82, 2.24) is 20.1 Å². The Morgan fingerprint density at radius 1 is 1.14 bits per heavy atom. The van der Waals surface area contributed by atoms with Crippen molar-refractivity contribution < 1.29 is 9.59 Å². The third-order valence-electron chi connectivity index (χ3n) is 9.07. The Balaban J connectivity index is 1.25. The predicted octanol–water partition coefficient (Wildman–Crippen LogP) is 7.38. The van der Waals surface area contributed by atoms with Crippen LogP contribution in [0.2, 0.25) is 0 Å². The third kappa shape index (κ3) is 9.61. The van der Waals surface area contributed by atoms with Crippen molar-refractivity contribution in [3.05, 3.63) is 101 Å².